The minimum atomic E-state index is -0.203. The molecule has 86 valence electrons. The molecule has 0 aliphatic heterocycles. The van der Waals surface area contributed by atoms with E-state index in [-0.39, 0.29) is 6.29 Å². The van der Waals surface area contributed by atoms with Crippen molar-refractivity contribution in [3.05, 3.63) is 0 Å². The monoisotopic (exact) mass is 203 g/mol. The Hall–Kier alpha value is -0.120. The third-order valence-electron chi connectivity index (χ3n) is 2.10. The van der Waals surface area contributed by atoms with E-state index in [9.17, 15) is 0 Å². The number of rotatable bonds is 10. The molecule has 0 rings (SSSR count). The van der Waals surface area contributed by atoms with Crippen molar-refractivity contribution in [2.75, 3.05) is 19.8 Å². The molecule has 0 saturated heterocycles. The van der Waals surface area contributed by atoms with Crippen LogP contribution in [0.2, 0.25) is 0 Å². The molecule has 2 N–H and O–H groups in total. The largest absolute Gasteiger partial charge is 0.352 e. The smallest absolute Gasteiger partial charge is 0.169 e. The van der Waals surface area contributed by atoms with E-state index in [0.29, 0.717) is 13.2 Å². The molecule has 0 heterocycles. The maximum absolute atomic E-state index is 5.47. The minimum absolute atomic E-state index is 0.203. The Balaban J connectivity index is 3.15. The summed E-state index contributed by atoms with van der Waals surface area (Å²) < 4.78 is 10.7. The van der Waals surface area contributed by atoms with Crippen LogP contribution in [-0.2, 0) is 9.47 Å². The molecule has 1 unspecified atom stereocenters. The van der Waals surface area contributed by atoms with Crippen LogP contribution >= 0.6 is 0 Å². The van der Waals surface area contributed by atoms with E-state index >= 15 is 0 Å². The zero-order valence-electron chi connectivity index (χ0n) is 9.63. The van der Waals surface area contributed by atoms with Crippen LogP contribution < -0.4 is 5.73 Å². The Bertz CT molecular complexity index is 109. The first-order chi connectivity index (χ1) is 6.85. The van der Waals surface area contributed by atoms with Crippen LogP contribution in [0.5, 0.6) is 0 Å². The summed E-state index contributed by atoms with van der Waals surface area (Å²) in [5, 5.41) is 0. The van der Waals surface area contributed by atoms with Gasteiger partial charge in [0.05, 0.1) is 0 Å². The van der Waals surface area contributed by atoms with Crippen LogP contribution in [0.4, 0.5) is 0 Å². The van der Waals surface area contributed by atoms with Crippen LogP contribution in [0.3, 0.4) is 0 Å². The van der Waals surface area contributed by atoms with Gasteiger partial charge in [0, 0.05) is 19.8 Å². The summed E-state index contributed by atoms with van der Waals surface area (Å²) >= 11 is 0. The Morgan fingerprint density at radius 2 is 1.71 bits per heavy atom. The quantitative estimate of drug-likeness (QED) is 0.437. The van der Waals surface area contributed by atoms with Gasteiger partial charge in [-0.25, -0.2) is 0 Å². The molecule has 0 bridgehead atoms. The molecular weight excluding hydrogens is 178 g/mol. The van der Waals surface area contributed by atoms with Crippen LogP contribution in [-0.4, -0.2) is 26.0 Å². The van der Waals surface area contributed by atoms with Crippen molar-refractivity contribution in [3.63, 3.8) is 0 Å². The summed E-state index contributed by atoms with van der Waals surface area (Å²) in [6.45, 7) is 6.05. The molecule has 0 saturated carbocycles. The van der Waals surface area contributed by atoms with E-state index in [2.05, 4.69) is 6.92 Å². The van der Waals surface area contributed by atoms with Crippen molar-refractivity contribution in [2.24, 2.45) is 5.73 Å². The summed E-state index contributed by atoms with van der Waals surface area (Å²) in [6.07, 6.45) is 6.07. The molecule has 0 aliphatic rings. The second kappa shape index (κ2) is 11.0. The van der Waals surface area contributed by atoms with Gasteiger partial charge in [-0.15, -0.1) is 0 Å². The van der Waals surface area contributed by atoms with Crippen LogP contribution in [0, 0.1) is 0 Å². The highest BCUT2D eigenvalue weighted by atomic mass is 16.7. The van der Waals surface area contributed by atoms with Gasteiger partial charge in [-0.1, -0.05) is 32.6 Å². The fourth-order valence-electron chi connectivity index (χ4n) is 1.29. The Labute approximate surface area is 88.0 Å². The molecule has 0 spiro atoms. The minimum Gasteiger partial charge on any atom is -0.352 e. The topological polar surface area (TPSA) is 44.5 Å². The Morgan fingerprint density at radius 1 is 1.00 bits per heavy atom. The maximum Gasteiger partial charge on any atom is 0.169 e. The van der Waals surface area contributed by atoms with Gasteiger partial charge < -0.3 is 15.2 Å². The van der Waals surface area contributed by atoms with E-state index in [0.717, 1.165) is 13.0 Å². The van der Waals surface area contributed by atoms with E-state index < -0.39 is 0 Å². The van der Waals surface area contributed by atoms with Crippen LogP contribution in [0.25, 0.3) is 0 Å². The average Bonchev–Trinajstić information content (AvgIpc) is 2.21. The van der Waals surface area contributed by atoms with Crippen molar-refractivity contribution in [1.29, 1.82) is 0 Å². The number of nitrogens with two attached hydrogens (primary N) is 1. The number of hydrogen-bond donors (Lipinski definition) is 1. The highest BCUT2D eigenvalue weighted by molar-refractivity contribution is 4.46. The third-order valence-corrected chi connectivity index (χ3v) is 2.10. The van der Waals surface area contributed by atoms with Gasteiger partial charge in [0.25, 0.3) is 0 Å². The van der Waals surface area contributed by atoms with Crippen LogP contribution in [0.15, 0.2) is 0 Å². The highest BCUT2D eigenvalue weighted by Crippen LogP contribution is 2.03. The van der Waals surface area contributed by atoms with E-state index in [1.807, 2.05) is 6.92 Å². The molecule has 1 atom stereocenters. The lowest BCUT2D eigenvalue weighted by Crippen LogP contribution is -2.27. The van der Waals surface area contributed by atoms with Crippen molar-refractivity contribution in [1.82, 2.24) is 0 Å². The zero-order valence-corrected chi connectivity index (χ0v) is 9.63. The number of unbranched alkanes of at least 4 members (excludes halogenated alkanes) is 4. The van der Waals surface area contributed by atoms with Crippen molar-refractivity contribution in [2.45, 2.75) is 52.2 Å². The second-order valence-electron chi connectivity index (χ2n) is 3.41. The SMILES string of the molecule is CCCCCCCOC(CN)OCC. The molecule has 0 aliphatic carbocycles. The normalized spacial score (nSPS) is 13.1. The lowest BCUT2D eigenvalue weighted by Gasteiger charge is -2.15. The molecule has 3 nitrogen and oxygen atoms in total. The van der Waals surface area contributed by atoms with Crippen molar-refractivity contribution >= 4 is 0 Å². The molecule has 0 aromatic carbocycles. The Kier molecular flexibility index (Phi) is 10.9. The summed E-state index contributed by atoms with van der Waals surface area (Å²) in [5.74, 6) is 0. The van der Waals surface area contributed by atoms with Gasteiger partial charge >= 0.3 is 0 Å². The molecule has 0 radical (unpaired) electrons. The van der Waals surface area contributed by atoms with Gasteiger partial charge in [0.15, 0.2) is 6.29 Å². The van der Waals surface area contributed by atoms with E-state index in [4.69, 9.17) is 15.2 Å². The summed E-state index contributed by atoms with van der Waals surface area (Å²) in [7, 11) is 0. The summed E-state index contributed by atoms with van der Waals surface area (Å²) in [4.78, 5) is 0. The molecule has 0 fully saturated rings. The fraction of sp³-hybridized carbons (Fsp3) is 1.00. The van der Waals surface area contributed by atoms with E-state index in [1.165, 1.54) is 25.7 Å². The van der Waals surface area contributed by atoms with Gasteiger partial charge in [0.1, 0.15) is 0 Å². The number of hydrogen-bond acceptors (Lipinski definition) is 3. The lowest BCUT2D eigenvalue weighted by atomic mass is 10.2. The average molecular weight is 203 g/mol. The molecule has 14 heavy (non-hydrogen) atoms. The zero-order chi connectivity index (χ0) is 10.6. The molecule has 0 amide bonds. The second-order valence-corrected chi connectivity index (χ2v) is 3.41. The number of ether oxygens (including phenoxy) is 2. The highest BCUT2D eigenvalue weighted by Gasteiger charge is 2.04. The van der Waals surface area contributed by atoms with Gasteiger partial charge in [0.2, 0.25) is 0 Å². The fourth-order valence-corrected chi connectivity index (χ4v) is 1.29. The summed E-state index contributed by atoms with van der Waals surface area (Å²) in [5.41, 5.74) is 5.47. The first-order valence-corrected chi connectivity index (χ1v) is 5.78. The first-order valence-electron chi connectivity index (χ1n) is 5.78. The van der Waals surface area contributed by atoms with Crippen molar-refractivity contribution in [3.8, 4) is 0 Å². The Morgan fingerprint density at radius 3 is 2.29 bits per heavy atom. The lowest BCUT2D eigenvalue weighted by molar-refractivity contribution is -0.133. The molecule has 3 heteroatoms. The van der Waals surface area contributed by atoms with Crippen LogP contribution in [0.1, 0.15) is 46.0 Å². The van der Waals surface area contributed by atoms with E-state index in [1.54, 1.807) is 0 Å². The summed E-state index contributed by atoms with van der Waals surface area (Å²) in [6, 6.07) is 0. The van der Waals surface area contributed by atoms with Gasteiger partial charge in [-0.05, 0) is 13.3 Å². The van der Waals surface area contributed by atoms with Crippen molar-refractivity contribution < 1.29 is 9.47 Å². The van der Waals surface area contributed by atoms with Gasteiger partial charge in [-0.2, -0.15) is 0 Å². The first kappa shape index (κ1) is 13.9. The predicted molar refractivity (Wildman–Crippen MR) is 59.2 cm³/mol. The molecule has 0 aromatic heterocycles. The maximum atomic E-state index is 5.47. The van der Waals surface area contributed by atoms with Gasteiger partial charge in [-0.3, -0.25) is 0 Å². The predicted octanol–water partition coefficient (Wildman–Crippen LogP) is 2.29. The molecular formula is C11H25NO2. The standard InChI is InChI=1S/C11H25NO2/c1-3-5-6-7-8-9-14-11(10-12)13-4-2/h11H,3-10,12H2,1-2H3. The third kappa shape index (κ3) is 8.48. The molecule has 0 aromatic rings.